The Kier molecular flexibility index (Phi) is 4.05. The predicted octanol–water partition coefficient (Wildman–Crippen LogP) is 0.524. The fraction of sp³-hybridized carbons (Fsp3) is 0.923. The first-order valence-electron chi connectivity index (χ1n) is 6.76. The average Bonchev–Trinajstić information content (AvgIpc) is 2.70. The summed E-state index contributed by atoms with van der Waals surface area (Å²) in [6.07, 6.45) is 4.44. The summed E-state index contributed by atoms with van der Waals surface area (Å²) in [4.78, 5) is 15.7. The molecule has 2 fully saturated rings. The molecule has 1 saturated heterocycles. The van der Waals surface area contributed by atoms with Gasteiger partial charge in [-0.3, -0.25) is 4.79 Å². The van der Waals surface area contributed by atoms with Crippen molar-refractivity contribution in [1.82, 2.24) is 9.80 Å². The lowest BCUT2D eigenvalue weighted by atomic mass is 9.78. The highest BCUT2D eigenvalue weighted by molar-refractivity contribution is 5.75. The van der Waals surface area contributed by atoms with Crippen molar-refractivity contribution >= 4 is 5.91 Å². The molecule has 98 valence electrons. The maximum absolute atomic E-state index is 11.6. The molecular weight excluding hydrogens is 214 g/mol. The van der Waals surface area contributed by atoms with E-state index in [0.717, 1.165) is 25.6 Å². The number of fused-ring (bicyclic) bond motifs is 1. The molecule has 0 bridgehead atoms. The Morgan fingerprint density at radius 2 is 2.12 bits per heavy atom. The maximum Gasteiger partial charge on any atom is 0.223 e. The van der Waals surface area contributed by atoms with Crippen LogP contribution in [0.15, 0.2) is 0 Å². The van der Waals surface area contributed by atoms with E-state index in [0.29, 0.717) is 18.4 Å². The standard InChI is InChI=1S/C13H25N3O/c1-15(2)13(17)6-7-16-8-10-4-3-5-12(14)11(10)9-16/h10-12H,3-9,14H2,1-2H3. The summed E-state index contributed by atoms with van der Waals surface area (Å²) < 4.78 is 0. The molecule has 1 aliphatic carbocycles. The fourth-order valence-corrected chi connectivity index (χ4v) is 3.27. The van der Waals surface area contributed by atoms with Crippen molar-refractivity contribution in [2.24, 2.45) is 17.6 Å². The number of nitrogens with zero attached hydrogens (tertiary/aromatic N) is 2. The van der Waals surface area contributed by atoms with Crippen molar-refractivity contribution < 1.29 is 4.79 Å². The number of hydrogen-bond donors (Lipinski definition) is 1. The predicted molar refractivity (Wildman–Crippen MR) is 68.6 cm³/mol. The van der Waals surface area contributed by atoms with Gasteiger partial charge in [-0.2, -0.15) is 0 Å². The zero-order valence-electron chi connectivity index (χ0n) is 11.1. The topological polar surface area (TPSA) is 49.6 Å². The molecule has 0 aromatic carbocycles. The van der Waals surface area contributed by atoms with Gasteiger partial charge in [0, 0.05) is 46.2 Å². The average molecular weight is 239 g/mol. The highest BCUT2D eigenvalue weighted by Gasteiger charge is 2.38. The molecule has 0 radical (unpaired) electrons. The van der Waals surface area contributed by atoms with E-state index in [-0.39, 0.29) is 5.91 Å². The molecule has 0 spiro atoms. The zero-order chi connectivity index (χ0) is 12.4. The number of hydrogen-bond acceptors (Lipinski definition) is 3. The molecule has 1 aliphatic heterocycles. The molecule has 4 nitrogen and oxygen atoms in total. The van der Waals surface area contributed by atoms with E-state index in [1.54, 1.807) is 4.90 Å². The monoisotopic (exact) mass is 239 g/mol. The molecule has 3 unspecified atom stereocenters. The van der Waals surface area contributed by atoms with E-state index in [4.69, 9.17) is 5.73 Å². The number of carbonyl (C=O) groups is 1. The van der Waals surface area contributed by atoms with E-state index >= 15 is 0 Å². The zero-order valence-corrected chi connectivity index (χ0v) is 11.1. The highest BCUT2D eigenvalue weighted by atomic mass is 16.2. The summed E-state index contributed by atoms with van der Waals surface area (Å²) in [6.45, 7) is 3.16. The second-order valence-corrected chi connectivity index (χ2v) is 5.82. The molecule has 2 aliphatic rings. The second kappa shape index (κ2) is 5.36. The van der Waals surface area contributed by atoms with Gasteiger partial charge in [-0.1, -0.05) is 6.42 Å². The molecule has 0 aromatic rings. The van der Waals surface area contributed by atoms with E-state index < -0.39 is 0 Å². The van der Waals surface area contributed by atoms with Crippen molar-refractivity contribution in [2.45, 2.75) is 31.7 Å². The molecule has 3 atom stereocenters. The van der Waals surface area contributed by atoms with Crippen LogP contribution in [0.3, 0.4) is 0 Å². The first kappa shape index (κ1) is 12.8. The number of nitrogens with two attached hydrogens (primary N) is 1. The Bertz CT molecular complexity index is 280. The van der Waals surface area contributed by atoms with E-state index in [9.17, 15) is 4.79 Å². The Balaban J connectivity index is 1.79. The SMILES string of the molecule is CN(C)C(=O)CCN1CC2CCCC(N)C2C1. The third kappa shape index (κ3) is 2.99. The van der Waals surface area contributed by atoms with E-state index in [1.807, 2.05) is 14.1 Å². The van der Waals surface area contributed by atoms with Crippen molar-refractivity contribution in [1.29, 1.82) is 0 Å². The van der Waals surface area contributed by atoms with Crippen LogP contribution in [0.1, 0.15) is 25.7 Å². The first-order chi connectivity index (χ1) is 8.08. The highest BCUT2D eigenvalue weighted by Crippen LogP contribution is 2.35. The lowest BCUT2D eigenvalue weighted by Gasteiger charge is -2.29. The van der Waals surface area contributed by atoms with Crippen LogP contribution in [-0.2, 0) is 4.79 Å². The summed E-state index contributed by atoms with van der Waals surface area (Å²) in [5, 5.41) is 0. The van der Waals surface area contributed by atoms with E-state index in [1.165, 1.54) is 19.3 Å². The van der Waals surface area contributed by atoms with Crippen LogP contribution in [0, 0.1) is 11.8 Å². The van der Waals surface area contributed by atoms with Gasteiger partial charge in [-0.15, -0.1) is 0 Å². The lowest BCUT2D eigenvalue weighted by molar-refractivity contribution is -0.129. The van der Waals surface area contributed by atoms with Crippen LogP contribution in [0.4, 0.5) is 0 Å². The largest absolute Gasteiger partial charge is 0.349 e. The molecule has 0 aromatic heterocycles. The van der Waals surface area contributed by atoms with Gasteiger partial charge >= 0.3 is 0 Å². The molecular formula is C13H25N3O. The van der Waals surface area contributed by atoms with Gasteiger partial charge in [-0.25, -0.2) is 0 Å². The van der Waals surface area contributed by atoms with Crippen LogP contribution >= 0.6 is 0 Å². The summed E-state index contributed by atoms with van der Waals surface area (Å²) >= 11 is 0. The molecule has 1 saturated carbocycles. The van der Waals surface area contributed by atoms with Crippen LogP contribution in [-0.4, -0.2) is 55.5 Å². The summed E-state index contributed by atoms with van der Waals surface area (Å²) in [5.74, 6) is 1.69. The molecule has 4 heteroatoms. The quantitative estimate of drug-likeness (QED) is 0.781. The van der Waals surface area contributed by atoms with Crippen LogP contribution in [0.25, 0.3) is 0 Å². The van der Waals surface area contributed by atoms with Crippen LogP contribution in [0.5, 0.6) is 0 Å². The summed E-state index contributed by atoms with van der Waals surface area (Å²) in [5.41, 5.74) is 6.18. The van der Waals surface area contributed by atoms with Crippen molar-refractivity contribution in [2.75, 3.05) is 33.7 Å². The Labute approximate surface area is 104 Å². The third-order valence-corrected chi connectivity index (χ3v) is 4.37. The minimum absolute atomic E-state index is 0.226. The minimum Gasteiger partial charge on any atom is -0.349 e. The third-order valence-electron chi connectivity index (χ3n) is 4.37. The smallest absolute Gasteiger partial charge is 0.223 e. The molecule has 1 amide bonds. The van der Waals surface area contributed by atoms with Crippen LogP contribution in [0.2, 0.25) is 0 Å². The van der Waals surface area contributed by atoms with Gasteiger partial charge in [-0.05, 0) is 24.7 Å². The number of carbonyl (C=O) groups excluding carboxylic acids is 1. The van der Waals surface area contributed by atoms with Gasteiger partial charge in [0.2, 0.25) is 5.91 Å². The maximum atomic E-state index is 11.6. The number of amides is 1. The Morgan fingerprint density at radius 3 is 2.76 bits per heavy atom. The number of rotatable bonds is 3. The van der Waals surface area contributed by atoms with Crippen molar-refractivity contribution in [3.8, 4) is 0 Å². The van der Waals surface area contributed by atoms with Gasteiger partial charge in [0.1, 0.15) is 0 Å². The van der Waals surface area contributed by atoms with Crippen LogP contribution < -0.4 is 5.73 Å². The van der Waals surface area contributed by atoms with Gasteiger partial charge in [0.25, 0.3) is 0 Å². The van der Waals surface area contributed by atoms with Crippen molar-refractivity contribution in [3.63, 3.8) is 0 Å². The van der Waals surface area contributed by atoms with E-state index in [2.05, 4.69) is 4.90 Å². The molecule has 2 rings (SSSR count). The summed E-state index contributed by atoms with van der Waals surface area (Å²) in [7, 11) is 3.64. The van der Waals surface area contributed by atoms with Gasteiger partial charge in [0.15, 0.2) is 0 Å². The molecule has 2 N–H and O–H groups in total. The lowest BCUT2D eigenvalue weighted by Crippen LogP contribution is -2.38. The Hall–Kier alpha value is -0.610. The Morgan fingerprint density at radius 1 is 1.35 bits per heavy atom. The summed E-state index contributed by atoms with van der Waals surface area (Å²) in [6, 6.07) is 0.392. The fourth-order valence-electron chi connectivity index (χ4n) is 3.27. The van der Waals surface area contributed by atoms with Gasteiger partial charge in [0.05, 0.1) is 0 Å². The normalized spacial score (nSPS) is 33.5. The van der Waals surface area contributed by atoms with Gasteiger partial charge < -0.3 is 15.5 Å². The second-order valence-electron chi connectivity index (χ2n) is 5.82. The first-order valence-corrected chi connectivity index (χ1v) is 6.76. The number of likely N-dealkylation sites (tertiary alicyclic amines) is 1. The van der Waals surface area contributed by atoms with Crippen molar-refractivity contribution in [3.05, 3.63) is 0 Å². The minimum atomic E-state index is 0.226. The molecule has 17 heavy (non-hydrogen) atoms. The molecule has 1 heterocycles.